The number of halogens is 2. The van der Waals surface area contributed by atoms with E-state index in [1.807, 2.05) is 12.1 Å². The largest absolute Gasteiger partial charge is 0.481 e. The van der Waals surface area contributed by atoms with Crippen LogP contribution in [0.2, 0.25) is 10.0 Å². The van der Waals surface area contributed by atoms with Crippen molar-refractivity contribution in [2.24, 2.45) is 17.8 Å². The SMILES string of the molecule is O=C(O)C1C2C=CC(C2)C1c1ccc(Cl)cc1Cl. The van der Waals surface area contributed by atoms with Crippen molar-refractivity contribution in [1.82, 2.24) is 0 Å². The highest BCUT2D eigenvalue weighted by atomic mass is 35.5. The molecule has 0 saturated heterocycles. The van der Waals surface area contributed by atoms with Gasteiger partial charge in [-0.15, -0.1) is 0 Å². The Hall–Kier alpha value is -0.990. The zero-order chi connectivity index (χ0) is 12.9. The molecule has 4 heteroatoms. The molecule has 0 aromatic heterocycles. The van der Waals surface area contributed by atoms with Crippen LogP contribution < -0.4 is 0 Å². The van der Waals surface area contributed by atoms with Crippen molar-refractivity contribution < 1.29 is 9.90 Å². The smallest absolute Gasteiger partial charge is 0.307 e. The molecular formula is C14H12Cl2O2. The Morgan fingerprint density at radius 2 is 1.94 bits per heavy atom. The molecule has 1 aromatic rings. The first-order valence-electron chi connectivity index (χ1n) is 5.94. The second-order valence-corrected chi connectivity index (χ2v) is 5.85. The molecule has 0 amide bonds. The average Bonchev–Trinajstić information content (AvgIpc) is 2.88. The Bertz CT molecular complexity index is 539. The second-order valence-electron chi connectivity index (χ2n) is 5.00. The van der Waals surface area contributed by atoms with E-state index in [4.69, 9.17) is 23.2 Å². The predicted octanol–water partition coefficient (Wildman–Crippen LogP) is 3.98. The molecule has 1 saturated carbocycles. The van der Waals surface area contributed by atoms with E-state index in [0.717, 1.165) is 12.0 Å². The van der Waals surface area contributed by atoms with Gasteiger partial charge in [-0.05, 0) is 36.0 Å². The van der Waals surface area contributed by atoms with Crippen LogP contribution in [0.25, 0.3) is 0 Å². The van der Waals surface area contributed by atoms with Crippen LogP contribution in [0.4, 0.5) is 0 Å². The molecule has 18 heavy (non-hydrogen) atoms. The fourth-order valence-electron chi connectivity index (χ4n) is 3.35. The lowest BCUT2D eigenvalue weighted by Crippen LogP contribution is -2.26. The predicted molar refractivity (Wildman–Crippen MR) is 71.1 cm³/mol. The minimum absolute atomic E-state index is 0.0257. The van der Waals surface area contributed by atoms with Crippen molar-refractivity contribution in [3.8, 4) is 0 Å². The molecule has 1 N–H and O–H groups in total. The topological polar surface area (TPSA) is 37.3 Å². The molecule has 1 fully saturated rings. The zero-order valence-corrected chi connectivity index (χ0v) is 11.0. The lowest BCUT2D eigenvalue weighted by Gasteiger charge is -2.26. The summed E-state index contributed by atoms with van der Waals surface area (Å²) in [7, 11) is 0. The van der Waals surface area contributed by atoms with Gasteiger partial charge in [0.1, 0.15) is 0 Å². The fraction of sp³-hybridized carbons (Fsp3) is 0.357. The molecule has 3 rings (SSSR count). The first kappa shape index (κ1) is 12.1. The summed E-state index contributed by atoms with van der Waals surface area (Å²) in [5.41, 5.74) is 0.908. The Morgan fingerprint density at radius 1 is 1.22 bits per heavy atom. The quantitative estimate of drug-likeness (QED) is 0.833. The number of aliphatic carboxylic acids is 1. The van der Waals surface area contributed by atoms with Crippen LogP contribution in [0.1, 0.15) is 17.9 Å². The first-order chi connectivity index (χ1) is 8.58. The van der Waals surface area contributed by atoms with Crippen LogP contribution in [-0.4, -0.2) is 11.1 Å². The molecule has 2 nitrogen and oxygen atoms in total. The Kier molecular flexibility index (Phi) is 2.87. The summed E-state index contributed by atoms with van der Waals surface area (Å²) in [4.78, 5) is 11.5. The molecule has 4 atom stereocenters. The number of hydrogen-bond acceptors (Lipinski definition) is 1. The average molecular weight is 283 g/mol. The zero-order valence-electron chi connectivity index (χ0n) is 9.51. The van der Waals surface area contributed by atoms with E-state index in [-0.39, 0.29) is 23.7 Å². The van der Waals surface area contributed by atoms with Gasteiger partial charge in [0.05, 0.1) is 5.92 Å². The summed E-state index contributed by atoms with van der Waals surface area (Å²) in [6.07, 6.45) is 5.07. The van der Waals surface area contributed by atoms with E-state index in [2.05, 4.69) is 6.08 Å². The van der Waals surface area contributed by atoms with Crippen LogP contribution in [0.15, 0.2) is 30.4 Å². The van der Waals surface area contributed by atoms with Gasteiger partial charge in [0.15, 0.2) is 0 Å². The van der Waals surface area contributed by atoms with Gasteiger partial charge in [0, 0.05) is 16.0 Å². The maximum Gasteiger partial charge on any atom is 0.307 e. The van der Waals surface area contributed by atoms with Crippen molar-refractivity contribution in [2.45, 2.75) is 12.3 Å². The highest BCUT2D eigenvalue weighted by Crippen LogP contribution is 2.54. The number of carbonyl (C=O) groups is 1. The maximum atomic E-state index is 11.5. The van der Waals surface area contributed by atoms with Crippen LogP contribution in [-0.2, 0) is 4.79 Å². The molecule has 2 aliphatic carbocycles. The van der Waals surface area contributed by atoms with Crippen molar-refractivity contribution in [1.29, 1.82) is 0 Å². The molecule has 0 aliphatic heterocycles. The summed E-state index contributed by atoms with van der Waals surface area (Å²) in [5.74, 6) is -0.692. The third-order valence-corrected chi connectivity index (χ3v) is 4.63. The highest BCUT2D eigenvalue weighted by Gasteiger charge is 2.49. The minimum atomic E-state index is -0.733. The lowest BCUT2D eigenvalue weighted by atomic mass is 9.78. The number of carboxylic acid groups (broad SMARTS) is 1. The van der Waals surface area contributed by atoms with E-state index in [1.165, 1.54) is 0 Å². The van der Waals surface area contributed by atoms with Crippen molar-refractivity contribution in [2.75, 3.05) is 0 Å². The van der Waals surface area contributed by atoms with E-state index in [9.17, 15) is 9.90 Å². The summed E-state index contributed by atoms with van der Waals surface area (Å²) in [6.45, 7) is 0. The molecule has 0 spiro atoms. The second kappa shape index (κ2) is 4.29. The van der Waals surface area contributed by atoms with Crippen LogP contribution in [0.3, 0.4) is 0 Å². The molecule has 4 unspecified atom stereocenters. The summed E-state index contributed by atoms with van der Waals surface area (Å²) < 4.78 is 0. The lowest BCUT2D eigenvalue weighted by molar-refractivity contribution is -0.143. The van der Waals surface area contributed by atoms with Gasteiger partial charge in [0.25, 0.3) is 0 Å². The van der Waals surface area contributed by atoms with Gasteiger partial charge in [0.2, 0.25) is 0 Å². The highest BCUT2D eigenvalue weighted by molar-refractivity contribution is 6.35. The normalized spacial score (nSPS) is 33.0. The number of hydrogen-bond donors (Lipinski definition) is 1. The van der Waals surface area contributed by atoms with E-state index in [1.54, 1.807) is 12.1 Å². The minimum Gasteiger partial charge on any atom is -0.481 e. The van der Waals surface area contributed by atoms with Gasteiger partial charge < -0.3 is 5.11 Å². The molecule has 2 bridgehead atoms. The Balaban J connectivity index is 2.05. The first-order valence-corrected chi connectivity index (χ1v) is 6.69. The Morgan fingerprint density at radius 3 is 2.61 bits per heavy atom. The number of rotatable bonds is 2. The summed E-state index contributed by atoms with van der Waals surface area (Å²) in [5, 5.41) is 10.6. The van der Waals surface area contributed by atoms with Crippen molar-refractivity contribution >= 4 is 29.2 Å². The molecule has 0 heterocycles. The van der Waals surface area contributed by atoms with E-state index in [0.29, 0.717) is 10.0 Å². The van der Waals surface area contributed by atoms with Gasteiger partial charge in [-0.25, -0.2) is 0 Å². The van der Waals surface area contributed by atoms with Crippen LogP contribution in [0, 0.1) is 17.8 Å². The molecule has 1 aromatic carbocycles. The van der Waals surface area contributed by atoms with Gasteiger partial charge >= 0.3 is 5.97 Å². The van der Waals surface area contributed by atoms with Gasteiger partial charge in [-0.1, -0.05) is 41.4 Å². The molecular weight excluding hydrogens is 271 g/mol. The summed E-state index contributed by atoms with van der Waals surface area (Å²) in [6, 6.07) is 5.32. The van der Waals surface area contributed by atoms with Crippen LogP contribution in [0.5, 0.6) is 0 Å². The van der Waals surface area contributed by atoms with Gasteiger partial charge in [-0.2, -0.15) is 0 Å². The van der Waals surface area contributed by atoms with Crippen LogP contribution >= 0.6 is 23.2 Å². The van der Waals surface area contributed by atoms with E-state index < -0.39 is 5.97 Å². The van der Waals surface area contributed by atoms with Crippen molar-refractivity contribution in [3.05, 3.63) is 46.0 Å². The maximum absolute atomic E-state index is 11.5. The van der Waals surface area contributed by atoms with Gasteiger partial charge in [-0.3, -0.25) is 4.79 Å². The standard InChI is InChI=1S/C14H12Cl2O2/c15-9-3-4-10(11(16)6-9)12-7-1-2-8(5-7)13(12)14(17)18/h1-4,6-8,12-13H,5H2,(H,17,18). The molecule has 0 radical (unpaired) electrons. The summed E-state index contributed by atoms with van der Waals surface area (Å²) >= 11 is 12.1. The third-order valence-electron chi connectivity index (χ3n) is 4.07. The van der Waals surface area contributed by atoms with Crippen molar-refractivity contribution in [3.63, 3.8) is 0 Å². The number of benzene rings is 1. The molecule has 94 valence electrons. The number of allylic oxidation sites excluding steroid dienone is 2. The Labute approximate surface area is 115 Å². The monoisotopic (exact) mass is 282 g/mol. The third kappa shape index (κ3) is 1.75. The number of fused-ring (bicyclic) bond motifs is 2. The molecule has 2 aliphatic rings. The fourth-order valence-corrected chi connectivity index (χ4v) is 3.89. The van der Waals surface area contributed by atoms with E-state index >= 15 is 0 Å². The number of carboxylic acids is 1.